The van der Waals surface area contributed by atoms with Crippen LogP contribution in [-0.4, -0.2) is 42.8 Å². The van der Waals surface area contributed by atoms with Crippen LogP contribution >= 0.6 is 0 Å². The topological polar surface area (TPSA) is 15.3 Å². The lowest BCUT2D eigenvalue weighted by molar-refractivity contribution is 0.212. The first-order valence-electron chi connectivity index (χ1n) is 5.87. The van der Waals surface area contributed by atoms with Gasteiger partial charge in [-0.05, 0) is 39.2 Å². The Labute approximate surface area is 85.9 Å². The van der Waals surface area contributed by atoms with E-state index >= 15 is 0 Å². The minimum Gasteiger partial charge on any atom is -0.314 e. The van der Waals surface area contributed by atoms with E-state index in [1.807, 2.05) is 0 Å². The van der Waals surface area contributed by atoms with Gasteiger partial charge in [-0.1, -0.05) is 0 Å². The molecule has 0 spiro atoms. The number of rotatable bonds is 3. The number of halogens is 1. The molecular weight excluding hydrogens is 179 g/mol. The molecule has 2 heterocycles. The van der Waals surface area contributed by atoms with E-state index in [-0.39, 0.29) is 0 Å². The second-order valence-corrected chi connectivity index (χ2v) is 4.76. The lowest BCUT2D eigenvalue weighted by atomic mass is 10.1. The zero-order valence-electron chi connectivity index (χ0n) is 9.01. The number of hydrogen-bond donors (Lipinski definition) is 1. The average Bonchev–Trinajstić information content (AvgIpc) is 2.75. The molecule has 2 nitrogen and oxygen atoms in total. The van der Waals surface area contributed by atoms with Crippen LogP contribution in [0.4, 0.5) is 4.39 Å². The molecule has 2 aliphatic rings. The van der Waals surface area contributed by atoms with Crippen LogP contribution in [0.3, 0.4) is 0 Å². The summed E-state index contributed by atoms with van der Waals surface area (Å²) in [5, 5.41) is 3.50. The Morgan fingerprint density at radius 1 is 1.50 bits per heavy atom. The number of nitrogens with zero attached hydrogens (tertiary/aromatic N) is 1. The fourth-order valence-electron chi connectivity index (χ4n) is 2.66. The quantitative estimate of drug-likeness (QED) is 0.744. The maximum absolute atomic E-state index is 13.0. The molecular formula is C11H21FN2. The largest absolute Gasteiger partial charge is 0.314 e. The summed E-state index contributed by atoms with van der Waals surface area (Å²) < 4.78 is 13.0. The van der Waals surface area contributed by atoms with Crippen LogP contribution in [-0.2, 0) is 0 Å². The van der Waals surface area contributed by atoms with Gasteiger partial charge in [0, 0.05) is 25.2 Å². The highest BCUT2D eigenvalue weighted by Gasteiger charge is 2.27. The summed E-state index contributed by atoms with van der Waals surface area (Å²) in [5.74, 6) is 0. The van der Waals surface area contributed by atoms with Crippen molar-refractivity contribution in [1.82, 2.24) is 10.2 Å². The van der Waals surface area contributed by atoms with Gasteiger partial charge in [-0.3, -0.25) is 4.90 Å². The highest BCUT2D eigenvalue weighted by atomic mass is 19.1. The molecule has 3 atom stereocenters. The predicted octanol–water partition coefficient (Wildman–Crippen LogP) is 1.56. The molecule has 3 unspecified atom stereocenters. The van der Waals surface area contributed by atoms with Crippen LogP contribution in [0.25, 0.3) is 0 Å². The lowest BCUT2D eigenvalue weighted by Gasteiger charge is -2.26. The minimum absolute atomic E-state index is 0.548. The van der Waals surface area contributed by atoms with Crippen LogP contribution in [0, 0.1) is 0 Å². The van der Waals surface area contributed by atoms with Gasteiger partial charge in [-0.15, -0.1) is 0 Å². The summed E-state index contributed by atoms with van der Waals surface area (Å²) >= 11 is 0. The van der Waals surface area contributed by atoms with Crippen LogP contribution < -0.4 is 5.32 Å². The first kappa shape index (κ1) is 10.4. The normalized spacial score (nSPS) is 36.4. The van der Waals surface area contributed by atoms with Crippen molar-refractivity contribution in [2.45, 2.75) is 50.9 Å². The Hall–Kier alpha value is -0.150. The van der Waals surface area contributed by atoms with Gasteiger partial charge in [0.2, 0.25) is 0 Å². The fraction of sp³-hybridized carbons (Fsp3) is 1.00. The third-order valence-electron chi connectivity index (χ3n) is 3.57. The average molecular weight is 200 g/mol. The van der Waals surface area contributed by atoms with Crippen LogP contribution in [0.1, 0.15) is 32.6 Å². The van der Waals surface area contributed by atoms with Crippen molar-refractivity contribution >= 4 is 0 Å². The van der Waals surface area contributed by atoms with Crippen LogP contribution in [0.5, 0.6) is 0 Å². The zero-order chi connectivity index (χ0) is 9.97. The third kappa shape index (κ3) is 2.45. The predicted molar refractivity (Wildman–Crippen MR) is 56.2 cm³/mol. The number of nitrogens with one attached hydrogen (secondary N) is 1. The number of likely N-dealkylation sites (tertiary alicyclic amines) is 1. The summed E-state index contributed by atoms with van der Waals surface area (Å²) in [4.78, 5) is 2.30. The lowest BCUT2D eigenvalue weighted by Crippen LogP contribution is -2.36. The van der Waals surface area contributed by atoms with E-state index in [0.29, 0.717) is 18.6 Å². The first-order valence-corrected chi connectivity index (χ1v) is 5.87. The van der Waals surface area contributed by atoms with Crippen LogP contribution in [0.15, 0.2) is 0 Å². The molecule has 0 amide bonds. The summed E-state index contributed by atoms with van der Waals surface area (Å²) in [6.45, 7) is 5.02. The maximum atomic E-state index is 13.0. The summed E-state index contributed by atoms with van der Waals surface area (Å²) in [7, 11) is 0. The van der Waals surface area contributed by atoms with Crippen molar-refractivity contribution in [3.63, 3.8) is 0 Å². The molecule has 2 rings (SSSR count). The van der Waals surface area contributed by atoms with Crippen molar-refractivity contribution in [3.8, 4) is 0 Å². The molecule has 0 aromatic carbocycles. The second-order valence-electron chi connectivity index (χ2n) is 4.76. The Morgan fingerprint density at radius 2 is 2.36 bits per heavy atom. The molecule has 0 radical (unpaired) electrons. The smallest absolute Gasteiger partial charge is 0.114 e. The molecule has 2 saturated heterocycles. The molecule has 0 bridgehead atoms. The number of alkyl halides is 1. The van der Waals surface area contributed by atoms with E-state index in [1.165, 1.54) is 25.8 Å². The number of hydrogen-bond acceptors (Lipinski definition) is 2. The summed E-state index contributed by atoms with van der Waals surface area (Å²) in [6.07, 6.45) is 3.96. The summed E-state index contributed by atoms with van der Waals surface area (Å²) in [5.41, 5.74) is 0. The monoisotopic (exact) mass is 200 g/mol. The molecule has 3 heteroatoms. The molecule has 2 fully saturated rings. The minimum atomic E-state index is -0.575. The van der Waals surface area contributed by atoms with Crippen molar-refractivity contribution in [3.05, 3.63) is 0 Å². The van der Waals surface area contributed by atoms with E-state index in [9.17, 15) is 4.39 Å². The van der Waals surface area contributed by atoms with Crippen LogP contribution in [0.2, 0.25) is 0 Å². The molecule has 2 aliphatic heterocycles. The van der Waals surface area contributed by atoms with Crippen molar-refractivity contribution in [2.24, 2.45) is 0 Å². The Morgan fingerprint density at radius 3 is 2.93 bits per heavy atom. The van der Waals surface area contributed by atoms with Crippen molar-refractivity contribution in [1.29, 1.82) is 0 Å². The van der Waals surface area contributed by atoms with E-state index < -0.39 is 6.17 Å². The van der Waals surface area contributed by atoms with Crippen molar-refractivity contribution < 1.29 is 4.39 Å². The highest BCUT2D eigenvalue weighted by Crippen LogP contribution is 2.20. The van der Waals surface area contributed by atoms with E-state index in [1.54, 1.807) is 0 Å². The highest BCUT2D eigenvalue weighted by molar-refractivity contribution is 4.84. The third-order valence-corrected chi connectivity index (χ3v) is 3.57. The van der Waals surface area contributed by atoms with Gasteiger partial charge in [0.25, 0.3) is 0 Å². The maximum Gasteiger partial charge on any atom is 0.114 e. The molecule has 14 heavy (non-hydrogen) atoms. The Balaban J connectivity index is 1.74. The van der Waals surface area contributed by atoms with E-state index in [0.717, 1.165) is 13.0 Å². The van der Waals surface area contributed by atoms with Crippen molar-refractivity contribution in [2.75, 3.05) is 19.6 Å². The zero-order valence-corrected chi connectivity index (χ0v) is 9.01. The first-order chi connectivity index (χ1) is 6.75. The van der Waals surface area contributed by atoms with E-state index in [2.05, 4.69) is 17.1 Å². The van der Waals surface area contributed by atoms with Gasteiger partial charge in [-0.25, -0.2) is 4.39 Å². The molecule has 0 aliphatic carbocycles. The van der Waals surface area contributed by atoms with Gasteiger partial charge in [0.1, 0.15) is 6.17 Å². The van der Waals surface area contributed by atoms with E-state index in [4.69, 9.17) is 0 Å². The molecule has 82 valence electrons. The molecule has 0 aromatic heterocycles. The SMILES string of the molecule is CC(CC1CCCN1)N1CCC(F)C1. The summed E-state index contributed by atoms with van der Waals surface area (Å²) in [6, 6.07) is 1.23. The van der Waals surface area contributed by atoms with Gasteiger partial charge in [0.05, 0.1) is 0 Å². The molecule has 0 saturated carbocycles. The van der Waals surface area contributed by atoms with Gasteiger partial charge >= 0.3 is 0 Å². The molecule has 1 N–H and O–H groups in total. The standard InChI is InChI=1S/C11H21FN2/c1-9(7-11-3-2-5-13-11)14-6-4-10(12)8-14/h9-11,13H,2-8H2,1H3. The fourth-order valence-corrected chi connectivity index (χ4v) is 2.66. The molecule has 0 aromatic rings. The van der Waals surface area contributed by atoms with Gasteiger partial charge in [-0.2, -0.15) is 0 Å². The van der Waals surface area contributed by atoms with Gasteiger partial charge < -0.3 is 5.32 Å². The second kappa shape index (κ2) is 4.58. The Kier molecular flexibility index (Phi) is 3.39. The Bertz CT molecular complexity index is 180. The van der Waals surface area contributed by atoms with Gasteiger partial charge in [0.15, 0.2) is 0 Å².